The zero-order chi connectivity index (χ0) is 15.8. The van der Waals surface area contributed by atoms with Crippen molar-refractivity contribution in [3.8, 4) is 0 Å². The summed E-state index contributed by atoms with van der Waals surface area (Å²) >= 11 is 10.1. The fraction of sp³-hybridized carbons (Fsp3) is 0.167. The summed E-state index contributed by atoms with van der Waals surface area (Å²) in [6.45, 7) is 1.69. The zero-order valence-corrected chi connectivity index (χ0v) is 14.7. The molecule has 0 spiro atoms. The van der Waals surface area contributed by atoms with Crippen molar-refractivity contribution >= 4 is 54.6 Å². The zero-order valence-electron chi connectivity index (χ0n) is 10.7. The van der Waals surface area contributed by atoms with Crippen molar-refractivity contribution in [1.82, 2.24) is 4.72 Å². The van der Waals surface area contributed by atoms with E-state index in [4.69, 9.17) is 17.3 Å². The molecule has 2 aromatic rings. The van der Waals surface area contributed by atoms with Gasteiger partial charge in [0.15, 0.2) is 0 Å². The Kier molecular flexibility index (Phi) is 4.94. The van der Waals surface area contributed by atoms with Crippen LogP contribution in [-0.4, -0.2) is 8.42 Å². The number of thiophene rings is 1. The van der Waals surface area contributed by atoms with Gasteiger partial charge >= 0.3 is 0 Å². The van der Waals surface area contributed by atoms with Crippen LogP contribution in [0.15, 0.2) is 33.6 Å². The maximum absolute atomic E-state index is 13.3. The Bertz CT molecular complexity index is 780. The van der Waals surface area contributed by atoms with Crippen molar-refractivity contribution in [1.29, 1.82) is 0 Å². The summed E-state index contributed by atoms with van der Waals surface area (Å²) in [5.41, 5.74) is 5.20. The molecule has 2 rings (SSSR count). The minimum Gasteiger partial charge on any atom is -0.396 e. The average molecular weight is 414 g/mol. The van der Waals surface area contributed by atoms with E-state index in [1.54, 1.807) is 19.1 Å². The molecule has 0 fully saturated rings. The van der Waals surface area contributed by atoms with Gasteiger partial charge in [0.2, 0.25) is 10.0 Å². The number of halogens is 3. The van der Waals surface area contributed by atoms with Crippen LogP contribution in [0.3, 0.4) is 0 Å². The van der Waals surface area contributed by atoms with Crippen LogP contribution in [0, 0.1) is 5.82 Å². The largest absolute Gasteiger partial charge is 0.396 e. The fourth-order valence-electron chi connectivity index (χ4n) is 1.67. The third-order valence-corrected chi connectivity index (χ3v) is 6.61. The molecule has 0 saturated heterocycles. The molecule has 1 heterocycles. The van der Waals surface area contributed by atoms with Crippen molar-refractivity contribution in [2.24, 2.45) is 0 Å². The van der Waals surface area contributed by atoms with Crippen LogP contribution in [-0.2, 0) is 10.0 Å². The number of anilines is 1. The van der Waals surface area contributed by atoms with Gasteiger partial charge < -0.3 is 5.73 Å². The van der Waals surface area contributed by atoms with Gasteiger partial charge in [0.05, 0.1) is 21.0 Å². The molecule has 1 aromatic carbocycles. The van der Waals surface area contributed by atoms with E-state index in [-0.39, 0.29) is 15.1 Å². The monoisotopic (exact) mass is 412 g/mol. The van der Waals surface area contributed by atoms with Gasteiger partial charge in [-0.05, 0) is 47.1 Å². The third-order valence-electron chi connectivity index (χ3n) is 2.69. The smallest absolute Gasteiger partial charge is 0.242 e. The molecule has 0 aliphatic heterocycles. The van der Waals surface area contributed by atoms with Gasteiger partial charge in [0, 0.05) is 9.35 Å². The Morgan fingerprint density at radius 1 is 1.43 bits per heavy atom. The molecule has 114 valence electrons. The summed E-state index contributed by atoms with van der Waals surface area (Å²) in [4.78, 5) is 0.658. The number of nitrogens with one attached hydrogen (secondary N) is 1. The molecule has 0 amide bonds. The lowest BCUT2D eigenvalue weighted by atomic mass is 10.3. The summed E-state index contributed by atoms with van der Waals surface area (Å²) in [5.74, 6) is -0.682. The molecule has 1 unspecified atom stereocenters. The number of hydrogen-bond acceptors (Lipinski definition) is 4. The lowest BCUT2D eigenvalue weighted by molar-refractivity contribution is 0.567. The Morgan fingerprint density at radius 3 is 2.67 bits per heavy atom. The number of sulfonamides is 1. The van der Waals surface area contributed by atoms with E-state index in [2.05, 4.69) is 20.7 Å². The van der Waals surface area contributed by atoms with E-state index in [0.29, 0.717) is 4.34 Å². The highest BCUT2D eigenvalue weighted by molar-refractivity contribution is 9.10. The second-order valence-corrected chi connectivity index (χ2v) is 8.57. The third kappa shape index (κ3) is 3.75. The Hall–Kier alpha value is -0.670. The number of hydrogen-bond donors (Lipinski definition) is 2. The Labute approximate surface area is 139 Å². The Morgan fingerprint density at radius 2 is 2.10 bits per heavy atom. The SMILES string of the molecule is CC(NS(=O)(=O)c1cc(N)c(F)cc1Br)c1ccc(Cl)s1. The number of nitrogen functional groups attached to an aromatic ring is 1. The molecule has 3 N–H and O–H groups in total. The lowest BCUT2D eigenvalue weighted by Crippen LogP contribution is -2.26. The Balaban J connectivity index is 2.32. The van der Waals surface area contributed by atoms with E-state index >= 15 is 0 Å². The molecule has 0 saturated carbocycles. The molecular weight excluding hydrogens is 403 g/mol. The van der Waals surface area contributed by atoms with Crippen molar-refractivity contribution in [3.63, 3.8) is 0 Å². The highest BCUT2D eigenvalue weighted by atomic mass is 79.9. The number of rotatable bonds is 4. The first-order chi connectivity index (χ1) is 9.70. The fourth-order valence-corrected chi connectivity index (χ4v) is 5.08. The van der Waals surface area contributed by atoms with E-state index in [9.17, 15) is 12.8 Å². The molecule has 1 atom stereocenters. The normalized spacial score (nSPS) is 13.3. The standard InChI is InChI=1S/C12H11BrClFN2O2S2/c1-6(10-2-3-12(14)20-10)17-21(18,19)11-5-9(16)8(15)4-7(11)13/h2-6,17H,16H2,1H3. The van der Waals surface area contributed by atoms with Crippen molar-refractivity contribution < 1.29 is 12.8 Å². The van der Waals surface area contributed by atoms with Crippen molar-refractivity contribution in [2.45, 2.75) is 17.9 Å². The molecule has 9 heteroatoms. The minimum atomic E-state index is -3.85. The van der Waals surface area contributed by atoms with Crippen LogP contribution in [0.5, 0.6) is 0 Å². The summed E-state index contributed by atoms with van der Waals surface area (Å²) in [5, 5.41) is 0. The van der Waals surface area contributed by atoms with Gasteiger partial charge in [-0.2, -0.15) is 0 Å². The molecule has 0 bridgehead atoms. The number of benzene rings is 1. The maximum atomic E-state index is 13.3. The quantitative estimate of drug-likeness (QED) is 0.746. The minimum absolute atomic E-state index is 0.109. The topological polar surface area (TPSA) is 72.2 Å². The summed E-state index contributed by atoms with van der Waals surface area (Å²) in [6, 6.07) is 5.07. The van der Waals surface area contributed by atoms with E-state index < -0.39 is 21.9 Å². The second-order valence-electron chi connectivity index (χ2n) is 4.29. The molecule has 0 radical (unpaired) electrons. The van der Waals surface area contributed by atoms with Crippen LogP contribution >= 0.6 is 38.9 Å². The van der Waals surface area contributed by atoms with Crippen LogP contribution in [0.25, 0.3) is 0 Å². The predicted octanol–water partition coefficient (Wildman–Crippen LogP) is 3.92. The molecule has 21 heavy (non-hydrogen) atoms. The summed E-state index contributed by atoms with van der Waals surface area (Å²) in [7, 11) is -3.85. The highest BCUT2D eigenvalue weighted by Crippen LogP contribution is 2.30. The highest BCUT2D eigenvalue weighted by Gasteiger charge is 2.23. The van der Waals surface area contributed by atoms with Crippen molar-refractivity contribution in [3.05, 3.63) is 43.8 Å². The van der Waals surface area contributed by atoms with Crippen LogP contribution in [0.4, 0.5) is 10.1 Å². The van der Waals surface area contributed by atoms with Gasteiger partial charge in [0.25, 0.3) is 0 Å². The van der Waals surface area contributed by atoms with Crippen LogP contribution in [0.1, 0.15) is 17.8 Å². The van der Waals surface area contributed by atoms with E-state index in [0.717, 1.165) is 17.0 Å². The molecular formula is C12H11BrClFN2O2S2. The molecule has 0 aliphatic carbocycles. The summed E-state index contributed by atoms with van der Waals surface area (Å²) < 4.78 is 41.2. The molecule has 1 aromatic heterocycles. The van der Waals surface area contributed by atoms with Crippen LogP contribution in [0.2, 0.25) is 4.34 Å². The van der Waals surface area contributed by atoms with E-state index in [1.807, 2.05) is 0 Å². The number of nitrogens with two attached hydrogens (primary N) is 1. The van der Waals surface area contributed by atoms with Gasteiger partial charge in [-0.25, -0.2) is 17.5 Å². The van der Waals surface area contributed by atoms with Gasteiger partial charge in [0.1, 0.15) is 5.82 Å². The second kappa shape index (κ2) is 6.21. The first kappa shape index (κ1) is 16.7. The van der Waals surface area contributed by atoms with Crippen LogP contribution < -0.4 is 10.5 Å². The average Bonchev–Trinajstić information content (AvgIpc) is 2.80. The lowest BCUT2D eigenvalue weighted by Gasteiger charge is -2.14. The first-order valence-corrected chi connectivity index (χ1v) is 9.20. The van der Waals surface area contributed by atoms with E-state index in [1.165, 1.54) is 11.3 Å². The molecule has 4 nitrogen and oxygen atoms in total. The first-order valence-electron chi connectivity index (χ1n) is 5.73. The maximum Gasteiger partial charge on any atom is 0.242 e. The van der Waals surface area contributed by atoms with Gasteiger partial charge in [-0.15, -0.1) is 11.3 Å². The van der Waals surface area contributed by atoms with Crippen molar-refractivity contribution in [2.75, 3.05) is 5.73 Å². The molecule has 0 aliphatic rings. The summed E-state index contributed by atoms with van der Waals surface area (Å²) in [6.07, 6.45) is 0. The predicted molar refractivity (Wildman–Crippen MR) is 86.6 cm³/mol. The van der Waals surface area contributed by atoms with Gasteiger partial charge in [-0.1, -0.05) is 11.6 Å². The van der Waals surface area contributed by atoms with Gasteiger partial charge in [-0.3, -0.25) is 0 Å².